The molecule has 1 aromatic rings. The van der Waals surface area contributed by atoms with E-state index in [4.69, 9.17) is 11.6 Å². The Balaban J connectivity index is 2.24. The van der Waals surface area contributed by atoms with Crippen molar-refractivity contribution in [2.24, 2.45) is 0 Å². The summed E-state index contributed by atoms with van der Waals surface area (Å²) in [6, 6.07) is 7.73. The molecule has 2 rings (SSSR count). The largest absolute Gasteiger partial charge is 0.288 e. The summed E-state index contributed by atoms with van der Waals surface area (Å²) in [5.74, 6) is 0.653. The summed E-state index contributed by atoms with van der Waals surface area (Å²) in [5.41, 5.74) is 1.97. The average molecular weight is 222 g/mol. The Morgan fingerprint density at radius 1 is 1.27 bits per heavy atom. The van der Waals surface area contributed by atoms with Crippen molar-refractivity contribution in [2.75, 3.05) is 4.90 Å². The number of alkyl halides is 1. The SMILES string of the molecule is O=C1CCC=CN1c1ccc(CCl)cc1. The molecule has 1 aliphatic heterocycles. The van der Waals surface area contributed by atoms with Crippen LogP contribution in [0.2, 0.25) is 0 Å². The Bertz CT molecular complexity index is 383. The zero-order chi connectivity index (χ0) is 10.7. The molecular formula is C12H12ClNO. The van der Waals surface area contributed by atoms with E-state index < -0.39 is 0 Å². The van der Waals surface area contributed by atoms with Crippen molar-refractivity contribution in [3.8, 4) is 0 Å². The van der Waals surface area contributed by atoms with Crippen molar-refractivity contribution in [1.82, 2.24) is 0 Å². The fourth-order valence-corrected chi connectivity index (χ4v) is 1.74. The molecule has 0 aromatic heterocycles. The maximum Gasteiger partial charge on any atom is 0.231 e. The molecule has 0 bridgehead atoms. The molecular weight excluding hydrogens is 210 g/mol. The molecule has 78 valence electrons. The van der Waals surface area contributed by atoms with E-state index in [1.165, 1.54) is 0 Å². The third kappa shape index (κ3) is 2.21. The maximum absolute atomic E-state index is 11.6. The molecule has 15 heavy (non-hydrogen) atoms. The summed E-state index contributed by atoms with van der Waals surface area (Å²) in [6.45, 7) is 0. The molecule has 1 aromatic carbocycles. The van der Waals surface area contributed by atoms with Gasteiger partial charge in [0, 0.05) is 24.2 Å². The fraction of sp³-hybridized carbons (Fsp3) is 0.250. The monoisotopic (exact) mass is 221 g/mol. The second-order valence-corrected chi connectivity index (χ2v) is 3.75. The summed E-state index contributed by atoms with van der Waals surface area (Å²) in [7, 11) is 0. The number of carbonyl (C=O) groups excluding carboxylic acids is 1. The van der Waals surface area contributed by atoms with Gasteiger partial charge in [-0.15, -0.1) is 11.6 Å². The standard InChI is InChI=1S/C12H12ClNO/c13-9-10-4-6-11(7-5-10)14-8-2-1-3-12(14)15/h2,4-8H,1,3,9H2. The average Bonchev–Trinajstić information content (AvgIpc) is 2.30. The van der Waals surface area contributed by atoms with Crippen molar-refractivity contribution in [1.29, 1.82) is 0 Å². The van der Waals surface area contributed by atoms with E-state index >= 15 is 0 Å². The van der Waals surface area contributed by atoms with Crippen LogP contribution in [0.15, 0.2) is 36.5 Å². The molecule has 0 saturated heterocycles. The predicted molar refractivity (Wildman–Crippen MR) is 61.9 cm³/mol. The van der Waals surface area contributed by atoms with E-state index in [-0.39, 0.29) is 5.91 Å². The fourth-order valence-electron chi connectivity index (χ4n) is 1.57. The van der Waals surface area contributed by atoms with Crippen LogP contribution in [0.25, 0.3) is 0 Å². The van der Waals surface area contributed by atoms with Crippen LogP contribution < -0.4 is 4.90 Å². The van der Waals surface area contributed by atoms with Crippen LogP contribution in [0.1, 0.15) is 18.4 Å². The minimum absolute atomic E-state index is 0.149. The molecule has 1 aliphatic rings. The van der Waals surface area contributed by atoms with Gasteiger partial charge in [-0.25, -0.2) is 0 Å². The van der Waals surface area contributed by atoms with E-state index in [1.54, 1.807) is 4.90 Å². The lowest BCUT2D eigenvalue weighted by molar-refractivity contribution is -0.118. The molecule has 0 unspecified atom stereocenters. The van der Waals surface area contributed by atoms with Gasteiger partial charge in [-0.1, -0.05) is 18.2 Å². The number of rotatable bonds is 2. The highest BCUT2D eigenvalue weighted by Crippen LogP contribution is 2.20. The van der Waals surface area contributed by atoms with E-state index in [0.29, 0.717) is 12.3 Å². The van der Waals surface area contributed by atoms with Gasteiger partial charge in [0.25, 0.3) is 0 Å². The summed E-state index contributed by atoms with van der Waals surface area (Å²) in [5, 5.41) is 0. The van der Waals surface area contributed by atoms with Gasteiger partial charge < -0.3 is 0 Å². The lowest BCUT2D eigenvalue weighted by Gasteiger charge is -2.21. The van der Waals surface area contributed by atoms with Crippen molar-refractivity contribution < 1.29 is 4.79 Å². The van der Waals surface area contributed by atoms with Crippen LogP contribution in [0.3, 0.4) is 0 Å². The first-order valence-electron chi connectivity index (χ1n) is 4.95. The van der Waals surface area contributed by atoms with Gasteiger partial charge in [-0.2, -0.15) is 0 Å². The number of halogens is 1. The van der Waals surface area contributed by atoms with Crippen LogP contribution in [0.5, 0.6) is 0 Å². The van der Waals surface area contributed by atoms with Crippen molar-refractivity contribution in [2.45, 2.75) is 18.7 Å². The Kier molecular flexibility index (Phi) is 3.07. The van der Waals surface area contributed by atoms with Crippen LogP contribution in [-0.4, -0.2) is 5.91 Å². The molecule has 0 spiro atoms. The number of hydrogen-bond donors (Lipinski definition) is 0. The van der Waals surface area contributed by atoms with Crippen molar-refractivity contribution in [3.63, 3.8) is 0 Å². The van der Waals surface area contributed by atoms with Crippen LogP contribution in [0, 0.1) is 0 Å². The quantitative estimate of drug-likeness (QED) is 0.703. The van der Waals surface area contributed by atoms with E-state index in [2.05, 4.69) is 0 Å². The van der Waals surface area contributed by atoms with E-state index in [9.17, 15) is 4.79 Å². The van der Waals surface area contributed by atoms with Gasteiger partial charge >= 0.3 is 0 Å². The molecule has 0 atom stereocenters. The van der Waals surface area contributed by atoms with Gasteiger partial charge in [0.15, 0.2) is 0 Å². The first kappa shape index (κ1) is 10.2. The second-order valence-electron chi connectivity index (χ2n) is 3.49. The molecule has 1 heterocycles. The van der Waals surface area contributed by atoms with Gasteiger partial charge in [0.05, 0.1) is 0 Å². The highest BCUT2D eigenvalue weighted by Gasteiger charge is 2.15. The highest BCUT2D eigenvalue weighted by molar-refractivity contribution is 6.17. The number of allylic oxidation sites excluding steroid dienone is 1. The van der Waals surface area contributed by atoms with Gasteiger partial charge in [0.2, 0.25) is 5.91 Å². The summed E-state index contributed by atoms with van der Waals surface area (Å²) in [4.78, 5) is 13.3. The van der Waals surface area contributed by atoms with Crippen molar-refractivity contribution in [3.05, 3.63) is 42.1 Å². The molecule has 1 amide bonds. The Morgan fingerprint density at radius 2 is 2.00 bits per heavy atom. The number of benzene rings is 1. The third-order valence-electron chi connectivity index (χ3n) is 2.42. The molecule has 0 radical (unpaired) electrons. The molecule has 0 N–H and O–H groups in total. The van der Waals surface area contributed by atoms with Gasteiger partial charge in [-0.3, -0.25) is 9.69 Å². The zero-order valence-corrected chi connectivity index (χ0v) is 9.07. The third-order valence-corrected chi connectivity index (χ3v) is 2.73. The number of carbonyl (C=O) groups is 1. The molecule has 0 saturated carbocycles. The predicted octanol–water partition coefficient (Wildman–Crippen LogP) is 3.07. The summed E-state index contributed by atoms with van der Waals surface area (Å²) in [6.07, 6.45) is 5.28. The van der Waals surface area contributed by atoms with E-state index in [0.717, 1.165) is 17.7 Å². The first-order valence-corrected chi connectivity index (χ1v) is 5.48. The Labute approximate surface area is 94.2 Å². The first-order chi connectivity index (χ1) is 7.31. The smallest absolute Gasteiger partial charge is 0.231 e. The summed E-state index contributed by atoms with van der Waals surface area (Å²) < 4.78 is 0. The van der Waals surface area contributed by atoms with E-state index in [1.807, 2.05) is 36.5 Å². The number of amides is 1. The molecule has 0 aliphatic carbocycles. The Hall–Kier alpha value is -1.28. The number of anilines is 1. The van der Waals surface area contributed by atoms with Gasteiger partial charge in [0.1, 0.15) is 0 Å². The second kappa shape index (κ2) is 4.49. The van der Waals surface area contributed by atoms with Crippen LogP contribution >= 0.6 is 11.6 Å². The van der Waals surface area contributed by atoms with Crippen molar-refractivity contribution >= 4 is 23.2 Å². The summed E-state index contributed by atoms with van der Waals surface area (Å²) >= 11 is 5.70. The highest BCUT2D eigenvalue weighted by atomic mass is 35.5. The number of nitrogens with zero attached hydrogens (tertiary/aromatic N) is 1. The minimum Gasteiger partial charge on any atom is -0.288 e. The lowest BCUT2D eigenvalue weighted by atomic mass is 10.1. The Morgan fingerprint density at radius 3 is 2.60 bits per heavy atom. The topological polar surface area (TPSA) is 20.3 Å². The zero-order valence-electron chi connectivity index (χ0n) is 8.32. The molecule has 0 fully saturated rings. The maximum atomic E-state index is 11.6. The van der Waals surface area contributed by atoms with Crippen LogP contribution in [-0.2, 0) is 10.7 Å². The van der Waals surface area contributed by atoms with Crippen LogP contribution in [0.4, 0.5) is 5.69 Å². The molecule has 2 nitrogen and oxygen atoms in total. The molecule has 3 heteroatoms. The normalized spacial score (nSPS) is 15.8. The minimum atomic E-state index is 0.149. The van der Waals surface area contributed by atoms with Gasteiger partial charge in [-0.05, 0) is 24.1 Å². The number of hydrogen-bond acceptors (Lipinski definition) is 1. The lowest BCUT2D eigenvalue weighted by Crippen LogP contribution is -2.26.